The molecule has 0 bridgehead atoms. The number of anilines is 2. The molecule has 0 aliphatic rings. The van der Waals surface area contributed by atoms with Crippen LogP contribution in [0.15, 0.2) is 85.5 Å². The minimum Gasteiger partial charge on any atom is -0.326 e. The van der Waals surface area contributed by atoms with Crippen LogP contribution >= 0.6 is 0 Å². The van der Waals surface area contributed by atoms with Gasteiger partial charge in [-0.2, -0.15) is 0 Å². The van der Waals surface area contributed by atoms with Gasteiger partial charge in [0.25, 0.3) is 5.91 Å². The number of nitrogens with one attached hydrogen (secondary N) is 2. The molecule has 0 radical (unpaired) electrons. The molecular weight excluding hydrogens is 312 g/mol. The summed E-state index contributed by atoms with van der Waals surface area (Å²) in [5, 5.41) is 5.55. The average Bonchev–Trinajstić information content (AvgIpc) is 2.60. The minimum absolute atomic E-state index is 0.0998. The third-order valence-corrected chi connectivity index (χ3v) is 3.46. The van der Waals surface area contributed by atoms with E-state index in [-0.39, 0.29) is 11.8 Å². The van der Waals surface area contributed by atoms with Crippen molar-refractivity contribution in [2.45, 2.75) is 6.92 Å². The highest BCUT2D eigenvalue weighted by Gasteiger charge is 2.06. The van der Waals surface area contributed by atoms with Crippen LogP contribution in [0, 0.1) is 0 Å². The van der Waals surface area contributed by atoms with Gasteiger partial charge in [0.05, 0.1) is 0 Å². The van der Waals surface area contributed by atoms with Gasteiger partial charge in [0.1, 0.15) is 0 Å². The minimum atomic E-state index is -0.234. The van der Waals surface area contributed by atoms with E-state index < -0.39 is 0 Å². The van der Waals surface area contributed by atoms with E-state index in [2.05, 4.69) is 23.8 Å². The van der Waals surface area contributed by atoms with E-state index in [0.29, 0.717) is 11.3 Å². The highest BCUT2D eigenvalue weighted by Crippen LogP contribution is 2.23. The molecule has 4 heteroatoms. The summed E-state index contributed by atoms with van der Waals surface area (Å²) in [4.78, 5) is 23.1. The van der Waals surface area contributed by atoms with Gasteiger partial charge in [0.2, 0.25) is 5.91 Å². The van der Waals surface area contributed by atoms with Crippen molar-refractivity contribution in [2.75, 3.05) is 10.6 Å². The van der Waals surface area contributed by atoms with Gasteiger partial charge in [-0.05, 0) is 35.4 Å². The van der Waals surface area contributed by atoms with E-state index in [1.165, 1.54) is 13.0 Å². The molecule has 2 aromatic carbocycles. The number of rotatable bonds is 6. The van der Waals surface area contributed by atoms with Gasteiger partial charge in [-0.1, -0.05) is 55.7 Å². The van der Waals surface area contributed by atoms with E-state index in [9.17, 15) is 9.59 Å². The summed E-state index contributed by atoms with van der Waals surface area (Å²) in [5.74, 6) is -0.334. The van der Waals surface area contributed by atoms with E-state index in [0.717, 1.165) is 16.8 Å². The number of carbonyl (C=O) groups is 2. The lowest BCUT2D eigenvalue weighted by atomic mass is 10.0. The molecule has 0 fully saturated rings. The van der Waals surface area contributed by atoms with Crippen LogP contribution in [0.1, 0.15) is 6.92 Å². The van der Waals surface area contributed by atoms with Crippen molar-refractivity contribution >= 4 is 23.2 Å². The molecule has 0 aromatic heterocycles. The Hall–Kier alpha value is -3.40. The first-order valence-electron chi connectivity index (χ1n) is 7.78. The highest BCUT2D eigenvalue weighted by atomic mass is 16.2. The van der Waals surface area contributed by atoms with E-state index >= 15 is 0 Å². The Morgan fingerprint density at radius 3 is 1.72 bits per heavy atom. The molecule has 126 valence electrons. The van der Waals surface area contributed by atoms with Crippen LogP contribution in [0.3, 0.4) is 0 Å². The number of benzene rings is 2. The zero-order valence-corrected chi connectivity index (χ0v) is 14.1. The third-order valence-electron chi connectivity index (χ3n) is 3.46. The second-order valence-electron chi connectivity index (χ2n) is 5.35. The average molecular weight is 332 g/mol. The Labute approximate surface area is 147 Å². The summed E-state index contributed by atoms with van der Waals surface area (Å²) in [6, 6.07) is 15.1. The molecule has 0 unspecified atom stereocenters. The first-order valence-corrected chi connectivity index (χ1v) is 7.78. The maximum absolute atomic E-state index is 12.1. The van der Waals surface area contributed by atoms with E-state index in [1.807, 2.05) is 48.5 Å². The number of amides is 2. The van der Waals surface area contributed by atoms with Crippen molar-refractivity contribution in [2.24, 2.45) is 0 Å². The van der Waals surface area contributed by atoms with Gasteiger partial charge in [-0.3, -0.25) is 9.59 Å². The number of carbonyl (C=O) groups excluding carboxylic acids is 2. The van der Waals surface area contributed by atoms with Crippen LogP contribution < -0.4 is 10.6 Å². The number of hydrogen-bond donors (Lipinski definition) is 2. The predicted molar refractivity (Wildman–Crippen MR) is 103 cm³/mol. The quantitative estimate of drug-likeness (QED) is 0.602. The molecule has 0 spiro atoms. The van der Waals surface area contributed by atoms with Crippen molar-refractivity contribution in [3.8, 4) is 11.1 Å². The van der Waals surface area contributed by atoms with Gasteiger partial charge in [-0.25, -0.2) is 0 Å². The molecule has 2 amide bonds. The molecule has 0 heterocycles. The summed E-state index contributed by atoms with van der Waals surface area (Å²) in [6.45, 7) is 8.67. The maximum atomic E-state index is 12.1. The van der Waals surface area contributed by atoms with Crippen molar-refractivity contribution in [1.82, 2.24) is 0 Å². The third kappa shape index (κ3) is 5.04. The van der Waals surface area contributed by atoms with E-state index in [1.54, 1.807) is 12.2 Å². The Kier molecular flexibility index (Phi) is 6.07. The predicted octanol–water partition coefficient (Wildman–Crippen LogP) is 4.55. The second kappa shape index (κ2) is 8.45. The molecule has 25 heavy (non-hydrogen) atoms. The molecule has 0 atom stereocenters. The molecule has 2 rings (SSSR count). The summed E-state index contributed by atoms with van der Waals surface area (Å²) in [6.07, 6.45) is 4.64. The Morgan fingerprint density at radius 2 is 1.32 bits per heavy atom. The fraction of sp³-hybridized carbons (Fsp3) is 0.0476. The lowest BCUT2D eigenvalue weighted by molar-refractivity contribution is -0.114. The summed E-state index contributed by atoms with van der Waals surface area (Å²) in [5.41, 5.74) is 3.93. The van der Waals surface area contributed by atoms with Crippen LogP contribution in [-0.2, 0) is 9.59 Å². The van der Waals surface area contributed by atoms with Crippen molar-refractivity contribution in [3.63, 3.8) is 0 Å². The standard InChI is InChI=1S/C21H20N2O2/c1-4-6-16(5-2)21(25)23-20-13-9-18(10-14-20)17-7-11-19(12-8-17)22-15(3)24/h4-14H,1-2H2,3H3,(H,22,24)(H,23,25)/b16-6+. The summed E-state index contributed by atoms with van der Waals surface area (Å²) in [7, 11) is 0. The zero-order chi connectivity index (χ0) is 18.2. The van der Waals surface area contributed by atoms with Crippen LogP contribution in [-0.4, -0.2) is 11.8 Å². The molecule has 2 N–H and O–H groups in total. The molecular formula is C21H20N2O2. The van der Waals surface area contributed by atoms with Gasteiger partial charge >= 0.3 is 0 Å². The normalized spacial score (nSPS) is 10.7. The van der Waals surface area contributed by atoms with Gasteiger partial charge in [0.15, 0.2) is 0 Å². The monoisotopic (exact) mass is 332 g/mol. The Balaban J connectivity index is 2.10. The smallest absolute Gasteiger partial charge is 0.255 e. The second-order valence-corrected chi connectivity index (χ2v) is 5.35. The molecule has 2 aromatic rings. The lowest BCUT2D eigenvalue weighted by Gasteiger charge is -2.08. The van der Waals surface area contributed by atoms with Crippen LogP contribution in [0.5, 0.6) is 0 Å². The molecule has 0 saturated heterocycles. The largest absolute Gasteiger partial charge is 0.326 e. The number of hydrogen-bond acceptors (Lipinski definition) is 2. The Morgan fingerprint density at radius 1 is 0.840 bits per heavy atom. The topological polar surface area (TPSA) is 58.2 Å². The van der Waals surface area contributed by atoms with Gasteiger partial charge < -0.3 is 10.6 Å². The lowest BCUT2D eigenvalue weighted by Crippen LogP contribution is -2.12. The highest BCUT2D eigenvalue weighted by molar-refractivity contribution is 6.05. The van der Waals surface area contributed by atoms with Crippen molar-refractivity contribution in [1.29, 1.82) is 0 Å². The van der Waals surface area contributed by atoms with Crippen LogP contribution in [0.2, 0.25) is 0 Å². The Bertz CT molecular complexity index is 816. The number of allylic oxidation sites excluding steroid dienone is 2. The molecule has 0 saturated carbocycles. The van der Waals surface area contributed by atoms with Crippen molar-refractivity contribution < 1.29 is 9.59 Å². The zero-order valence-electron chi connectivity index (χ0n) is 14.1. The first kappa shape index (κ1) is 17.9. The summed E-state index contributed by atoms with van der Waals surface area (Å²) >= 11 is 0. The van der Waals surface area contributed by atoms with Gasteiger partial charge in [0, 0.05) is 23.9 Å². The first-order chi connectivity index (χ1) is 12.0. The molecule has 4 nitrogen and oxygen atoms in total. The fourth-order valence-corrected chi connectivity index (χ4v) is 2.26. The van der Waals surface area contributed by atoms with Gasteiger partial charge in [-0.15, -0.1) is 0 Å². The molecule has 0 aliphatic heterocycles. The summed E-state index contributed by atoms with van der Waals surface area (Å²) < 4.78 is 0. The fourth-order valence-electron chi connectivity index (χ4n) is 2.26. The van der Waals surface area contributed by atoms with E-state index in [4.69, 9.17) is 0 Å². The van der Waals surface area contributed by atoms with Crippen molar-refractivity contribution in [3.05, 3.63) is 85.5 Å². The molecule has 0 aliphatic carbocycles. The van der Waals surface area contributed by atoms with Crippen LogP contribution in [0.4, 0.5) is 11.4 Å². The van der Waals surface area contributed by atoms with Crippen LogP contribution in [0.25, 0.3) is 11.1 Å². The maximum Gasteiger partial charge on any atom is 0.255 e. The SMILES string of the molecule is C=C/C=C(\C=C)C(=O)Nc1ccc(-c2ccc(NC(C)=O)cc2)cc1.